The minimum absolute atomic E-state index is 0.0196. The molecule has 0 saturated carbocycles. The molecule has 2 aromatic carbocycles. The van der Waals surface area contributed by atoms with Gasteiger partial charge in [-0.3, -0.25) is 4.79 Å². The van der Waals surface area contributed by atoms with E-state index in [0.29, 0.717) is 12.2 Å². The SMILES string of the molecule is Cc1cccc(-c2ncc([C@H]3CC(=O)Nc4cc(N(C)C)ccc43)cn2)c1. The van der Waals surface area contributed by atoms with E-state index in [0.717, 1.165) is 28.1 Å². The zero-order valence-electron chi connectivity index (χ0n) is 15.7. The van der Waals surface area contributed by atoms with E-state index in [1.807, 2.05) is 49.6 Å². The number of hydrogen-bond donors (Lipinski definition) is 1. The van der Waals surface area contributed by atoms with Crippen molar-refractivity contribution in [3.63, 3.8) is 0 Å². The summed E-state index contributed by atoms with van der Waals surface area (Å²) in [6.07, 6.45) is 4.09. The van der Waals surface area contributed by atoms with E-state index in [1.165, 1.54) is 5.56 Å². The standard InChI is InChI=1S/C22H22N4O/c1-14-5-4-6-15(9-14)22-23-12-16(13-24-22)19-11-21(27)25-20-10-17(26(2)3)7-8-18(19)20/h4-10,12-13,19H,11H2,1-3H3,(H,25,27)/t19-/m1/s1. The molecule has 1 aliphatic heterocycles. The number of rotatable bonds is 3. The van der Waals surface area contributed by atoms with Crippen molar-refractivity contribution in [3.8, 4) is 11.4 Å². The van der Waals surface area contributed by atoms with Gasteiger partial charge >= 0.3 is 0 Å². The highest BCUT2D eigenvalue weighted by molar-refractivity contribution is 5.96. The van der Waals surface area contributed by atoms with E-state index in [2.05, 4.69) is 46.5 Å². The number of amides is 1. The van der Waals surface area contributed by atoms with Crippen LogP contribution in [0.5, 0.6) is 0 Å². The van der Waals surface area contributed by atoms with Crippen molar-refractivity contribution in [3.05, 3.63) is 71.5 Å². The molecule has 1 aromatic heterocycles. The maximum atomic E-state index is 12.3. The minimum atomic E-state index is -0.0310. The van der Waals surface area contributed by atoms with Gasteiger partial charge in [0, 0.05) is 55.8 Å². The van der Waals surface area contributed by atoms with Gasteiger partial charge in [0.2, 0.25) is 5.91 Å². The van der Waals surface area contributed by atoms with Gasteiger partial charge in [0.25, 0.3) is 0 Å². The molecule has 4 rings (SSSR count). The third kappa shape index (κ3) is 3.40. The summed E-state index contributed by atoms with van der Waals surface area (Å²) in [6, 6.07) is 14.3. The number of anilines is 2. The van der Waals surface area contributed by atoms with E-state index < -0.39 is 0 Å². The molecule has 0 radical (unpaired) electrons. The number of carbonyl (C=O) groups is 1. The van der Waals surface area contributed by atoms with Crippen molar-refractivity contribution in [1.29, 1.82) is 0 Å². The summed E-state index contributed by atoms with van der Waals surface area (Å²) in [7, 11) is 3.98. The number of hydrogen-bond acceptors (Lipinski definition) is 4. The lowest BCUT2D eigenvalue weighted by atomic mass is 9.86. The Bertz CT molecular complexity index is 995. The Morgan fingerprint density at radius 3 is 2.56 bits per heavy atom. The molecule has 0 spiro atoms. The van der Waals surface area contributed by atoms with Gasteiger partial charge in [-0.15, -0.1) is 0 Å². The quantitative estimate of drug-likeness (QED) is 0.769. The first-order chi connectivity index (χ1) is 13.0. The summed E-state index contributed by atoms with van der Waals surface area (Å²) in [4.78, 5) is 23.4. The predicted molar refractivity (Wildman–Crippen MR) is 108 cm³/mol. The fraction of sp³-hybridized carbons (Fsp3) is 0.227. The van der Waals surface area contributed by atoms with E-state index in [4.69, 9.17) is 0 Å². The molecule has 3 aromatic rings. The van der Waals surface area contributed by atoms with Crippen LogP contribution >= 0.6 is 0 Å². The summed E-state index contributed by atoms with van der Waals surface area (Å²) in [6.45, 7) is 2.05. The second-order valence-corrected chi connectivity index (χ2v) is 7.18. The van der Waals surface area contributed by atoms with Crippen molar-refractivity contribution in [2.45, 2.75) is 19.3 Å². The smallest absolute Gasteiger partial charge is 0.225 e. The molecule has 1 N–H and O–H groups in total. The topological polar surface area (TPSA) is 58.1 Å². The van der Waals surface area contributed by atoms with Crippen LogP contribution in [0.25, 0.3) is 11.4 Å². The molecule has 5 nitrogen and oxygen atoms in total. The maximum absolute atomic E-state index is 12.3. The maximum Gasteiger partial charge on any atom is 0.225 e. The van der Waals surface area contributed by atoms with Crippen LogP contribution in [-0.2, 0) is 4.79 Å². The Morgan fingerprint density at radius 1 is 1.07 bits per heavy atom. The molecule has 0 bridgehead atoms. The van der Waals surface area contributed by atoms with Gasteiger partial charge < -0.3 is 10.2 Å². The van der Waals surface area contributed by atoms with Crippen LogP contribution in [0.1, 0.15) is 29.0 Å². The van der Waals surface area contributed by atoms with Crippen LogP contribution in [-0.4, -0.2) is 30.0 Å². The van der Waals surface area contributed by atoms with Crippen molar-refractivity contribution in [2.75, 3.05) is 24.3 Å². The van der Waals surface area contributed by atoms with Gasteiger partial charge in [0.1, 0.15) is 0 Å². The summed E-state index contributed by atoms with van der Waals surface area (Å²) in [5, 5.41) is 2.99. The monoisotopic (exact) mass is 358 g/mol. The van der Waals surface area contributed by atoms with E-state index in [9.17, 15) is 4.79 Å². The van der Waals surface area contributed by atoms with Gasteiger partial charge in [-0.05, 0) is 36.2 Å². The second-order valence-electron chi connectivity index (χ2n) is 7.18. The van der Waals surface area contributed by atoms with Crippen LogP contribution in [0, 0.1) is 6.92 Å². The highest BCUT2D eigenvalue weighted by Gasteiger charge is 2.27. The van der Waals surface area contributed by atoms with Crippen molar-refractivity contribution < 1.29 is 4.79 Å². The number of nitrogens with one attached hydrogen (secondary N) is 1. The van der Waals surface area contributed by atoms with E-state index in [-0.39, 0.29) is 11.8 Å². The Morgan fingerprint density at radius 2 is 1.85 bits per heavy atom. The summed E-state index contributed by atoms with van der Waals surface area (Å²) >= 11 is 0. The molecule has 136 valence electrons. The van der Waals surface area contributed by atoms with E-state index in [1.54, 1.807) is 0 Å². The van der Waals surface area contributed by atoms with Crippen LogP contribution in [0.4, 0.5) is 11.4 Å². The van der Waals surface area contributed by atoms with Gasteiger partial charge in [-0.1, -0.05) is 29.8 Å². The first-order valence-electron chi connectivity index (χ1n) is 9.01. The van der Waals surface area contributed by atoms with E-state index >= 15 is 0 Å². The van der Waals surface area contributed by atoms with Crippen molar-refractivity contribution in [2.24, 2.45) is 0 Å². The number of fused-ring (bicyclic) bond motifs is 1. The predicted octanol–water partition coefficient (Wildman–Crippen LogP) is 3.99. The van der Waals surface area contributed by atoms with Crippen molar-refractivity contribution >= 4 is 17.3 Å². The highest BCUT2D eigenvalue weighted by atomic mass is 16.1. The molecule has 0 aliphatic carbocycles. The molecule has 1 amide bonds. The van der Waals surface area contributed by atoms with Gasteiger partial charge in [-0.2, -0.15) is 0 Å². The molecule has 0 fully saturated rings. The average Bonchev–Trinajstić information content (AvgIpc) is 2.67. The largest absolute Gasteiger partial charge is 0.378 e. The Balaban J connectivity index is 1.69. The summed E-state index contributed by atoms with van der Waals surface area (Å²) in [5.74, 6) is 0.688. The molecular formula is C22H22N4O. The zero-order valence-corrected chi connectivity index (χ0v) is 15.7. The Hall–Kier alpha value is -3.21. The zero-order chi connectivity index (χ0) is 19.0. The van der Waals surface area contributed by atoms with Gasteiger partial charge in [0.15, 0.2) is 5.82 Å². The summed E-state index contributed by atoms with van der Waals surface area (Å²) in [5.41, 5.74) is 6.16. The molecule has 0 saturated heterocycles. The Kier molecular flexibility index (Phi) is 4.36. The van der Waals surface area contributed by atoms with Crippen LogP contribution in [0.2, 0.25) is 0 Å². The number of aryl methyl sites for hydroxylation is 1. The molecule has 5 heteroatoms. The van der Waals surface area contributed by atoms with Gasteiger partial charge in [-0.25, -0.2) is 9.97 Å². The third-order valence-corrected chi connectivity index (χ3v) is 4.94. The van der Waals surface area contributed by atoms with Crippen molar-refractivity contribution in [1.82, 2.24) is 9.97 Å². The highest BCUT2D eigenvalue weighted by Crippen LogP contribution is 2.38. The lowest BCUT2D eigenvalue weighted by Gasteiger charge is -2.27. The van der Waals surface area contributed by atoms with Gasteiger partial charge in [0.05, 0.1) is 0 Å². The van der Waals surface area contributed by atoms with Crippen LogP contribution < -0.4 is 10.2 Å². The van der Waals surface area contributed by atoms with Crippen LogP contribution in [0.15, 0.2) is 54.9 Å². The number of carbonyl (C=O) groups excluding carboxylic acids is 1. The number of aromatic nitrogens is 2. The molecule has 1 atom stereocenters. The fourth-order valence-electron chi connectivity index (χ4n) is 3.48. The lowest BCUT2D eigenvalue weighted by molar-refractivity contribution is -0.116. The number of benzene rings is 2. The molecule has 2 heterocycles. The molecule has 0 unspecified atom stereocenters. The average molecular weight is 358 g/mol. The van der Waals surface area contributed by atoms with Crippen LogP contribution in [0.3, 0.4) is 0 Å². The minimum Gasteiger partial charge on any atom is -0.378 e. The Labute approximate surface area is 159 Å². The summed E-state index contributed by atoms with van der Waals surface area (Å²) < 4.78 is 0. The first-order valence-corrected chi connectivity index (χ1v) is 9.01. The molecule has 27 heavy (non-hydrogen) atoms. The number of nitrogens with zero attached hydrogens (tertiary/aromatic N) is 3. The fourth-order valence-corrected chi connectivity index (χ4v) is 3.48. The normalized spacial score (nSPS) is 15.8. The lowest BCUT2D eigenvalue weighted by Crippen LogP contribution is -2.24. The molecule has 1 aliphatic rings. The molecular weight excluding hydrogens is 336 g/mol. The third-order valence-electron chi connectivity index (χ3n) is 4.94. The first kappa shape index (κ1) is 17.2. The second kappa shape index (κ2) is 6.83.